The number of fused-ring (bicyclic) bond motifs is 2. The van der Waals surface area contributed by atoms with E-state index in [2.05, 4.69) is 5.32 Å². The number of nitrogens with one attached hydrogen (secondary N) is 1. The van der Waals surface area contributed by atoms with E-state index in [1.807, 2.05) is 56.3 Å². The van der Waals surface area contributed by atoms with Gasteiger partial charge in [-0.05, 0) is 48.7 Å². The molecular formula is C27H26N2O5. The predicted octanol–water partition coefficient (Wildman–Crippen LogP) is 3.95. The Morgan fingerprint density at radius 3 is 2.53 bits per heavy atom. The van der Waals surface area contributed by atoms with Gasteiger partial charge in [-0.2, -0.15) is 0 Å². The summed E-state index contributed by atoms with van der Waals surface area (Å²) < 4.78 is 5.08. The van der Waals surface area contributed by atoms with Gasteiger partial charge in [-0.25, -0.2) is 0 Å². The van der Waals surface area contributed by atoms with Gasteiger partial charge in [0.25, 0.3) is 17.7 Å². The molecule has 0 radical (unpaired) electrons. The number of rotatable bonds is 8. The van der Waals surface area contributed by atoms with Crippen molar-refractivity contribution in [3.8, 4) is 0 Å². The highest BCUT2D eigenvalue weighted by Crippen LogP contribution is 2.25. The largest absolute Gasteiger partial charge is 0.456 e. The summed E-state index contributed by atoms with van der Waals surface area (Å²) in [5.41, 5.74) is 2.66. The van der Waals surface area contributed by atoms with E-state index in [1.54, 1.807) is 18.2 Å². The third kappa shape index (κ3) is 4.83. The van der Waals surface area contributed by atoms with Crippen LogP contribution in [0.15, 0.2) is 60.7 Å². The monoisotopic (exact) mass is 458 g/mol. The molecule has 7 nitrogen and oxygen atoms in total. The van der Waals surface area contributed by atoms with Gasteiger partial charge in [-0.1, -0.05) is 54.1 Å². The smallest absolute Gasteiger partial charge is 0.306 e. The molecule has 0 aliphatic carbocycles. The maximum absolute atomic E-state index is 12.5. The van der Waals surface area contributed by atoms with Gasteiger partial charge in [0, 0.05) is 13.0 Å². The number of ether oxygens (including phenoxy) is 1. The van der Waals surface area contributed by atoms with Crippen molar-refractivity contribution in [1.29, 1.82) is 0 Å². The molecule has 3 amide bonds. The van der Waals surface area contributed by atoms with E-state index in [1.165, 1.54) is 0 Å². The Morgan fingerprint density at radius 2 is 1.71 bits per heavy atom. The van der Waals surface area contributed by atoms with Gasteiger partial charge in [0.15, 0.2) is 6.61 Å². The molecule has 4 rings (SSSR count). The number of imide groups is 1. The second-order valence-electron chi connectivity index (χ2n) is 8.43. The Balaban J connectivity index is 1.23. The molecule has 0 fully saturated rings. The lowest BCUT2D eigenvalue weighted by atomic mass is 10.00. The number of amides is 3. The normalized spacial score (nSPS) is 13.6. The average molecular weight is 459 g/mol. The second kappa shape index (κ2) is 9.87. The lowest BCUT2D eigenvalue weighted by molar-refractivity contribution is -0.148. The molecule has 0 saturated carbocycles. The summed E-state index contributed by atoms with van der Waals surface area (Å²) in [7, 11) is 0. The molecule has 1 aliphatic heterocycles. The van der Waals surface area contributed by atoms with Crippen LogP contribution in [0.3, 0.4) is 0 Å². The Kier molecular flexibility index (Phi) is 6.72. The summed E-state index contributed by atoms with van der Waals surface area (Å²) in [4.78, 5) is 50.5. The van der Waals surface area contributed by atoms with Crippen molar-refractivity contribution in [3.05, 3.63) is 82.9 Å². The van der Waals surface area contributed by atoms with Crippen LogP contribution < -0.4 is 5.32 Å². The molecule has 174 valence electrons. The standard InChI is InChI=1S/C27H26N2O5/c1-17-12-13-22-23(15-17)27(33)29(26(22)32)14-6-11-25(31)34-16-24(30)28-18(2)20-10-5-8-19-7-3-4-9-21(19)20/h3-5,7-10,12-13,15,18H,6,11,14,16H2,1-2H3,(H,28,30). The second-order valence-corrected chi connectivity index (χ2v) is 8.43. The van der Waals surface area contributed by atoms with Crippen molar-refractivity contribution in [1.82, 2.24) is 10.2 Å². The van der Waals surface area contributed by atoms with Crippen LogP contribution in [0.25, 0.3) is 10.8 Å². The minimum Gasteiger partial charge on any atom is -0.456 e. The van der Waals surface area contributed by atoms with Crippen molar-refractivity contribution >= 4 is 34.5 Å². The predicted molar refractivity (Wildman–Crippen MR) is 127 cm³/mol. The molecule has 1 unspecified atom stereocenters. The van der Waals surface area contributed by atoms with E-state index in [0.29, 0.717) is 11.1 Å². The van der Waals surface area contributed by atoms with Gasteiger partial charge >= 0.3 is 5.97 Å². The molecule has 3 aromatic rings. The molecule has 0 saturated heterocycles. The third-order valence-corrected chi connectivity index (χ3v) is 5.92. The summed E-state index contributed by atoms with van der Waals surface area (Å²) in [5.74, 6) is -1.65. The van der Waals surface area contributed by atoms with Crippen molar-refractivity contribution in [2.45, 2.75) is 32.7 Å². The van der Waals surface area contributed by atoms with E-state index in [-0.39, 0.29) is 43.8 Å². The van der Waals surface area contributed by atoms with E-state index in [0.717, 1.165) is 26.8 Å². The first kappa shape index (κ1) is 23.2. The van der Waals surface area contributed by atoms with Gasteiger partial charge in [0.05, 0.1) is 17.2 Å². The molecule has 0 bridgehead atoms. The zero-order chi connectivity index (χ0) is 24.2. The summed E-state index contributed by atoms with van der Waals surface area (Å²) >= 11 is 0. The van der Waals surface area contributed by atoms with Crippen LogP contribution in [0.4, 0.5) is 0 Å². The van der Waals surface area contributed by atoms with Crippen molar-refractivity contribution in [2.75, 3.05) is 13.2 Å². The van der Waals surface area contributed by atoms with Crippen LogP contribution in [0.2, 0.25) is 0 Å². The molecule has 0 aromatic heterocycles. The topological polar surface area (TPSA) is 92.8 Å². The highest BCUT2D eigenvalue weighted by molar-refractivity contribution is 6.21. The van der Waals surface area contributed by atoms with E-state index < -0.39 is 11.9 Å². The van der Waals surface area contributed by atoms with Crippen LogP contribution in [0.1, 0.15) is 57.7 Å². The van der Waals surface area contributed by atoms with E-state index >= 15 is 0 Å². The molecular weight excluding hydrogens is 432 g/mol. The van der Waals surface area contributed by atoms with Crippen LogP contribution in [0.5, 0.6) is 0 Å². The van der Waals surface area contributed by atoms with Crippen molar-refractivity contribution in [2.24, 2.45) is 0 Å². The minimum absolute atomic E-state index is 0.00140. The maximum atomic E-state index is 12.5. The number of nitrogens with zero attached hydrogens (tertiary/aromatic N) is 1. The molecule has 1 heterocycles. The fourth-order valence-electron chi connectivity index (χ4n) is 4.20. The molecule has 1 N–H and O–H groups in total. The highest BCUT2D eigenvalue weighted by atomic mass is 16.5. The number of carbonyl (C=O) groups is 4. The number of esters is 1. The summed E-state index contributed by atoms with van der Waals surface area (Å²) in [6.45, 7) is 3.46. The fraction of sp³-hybridized carbons (Fsp3) is 0.259. The summed E-state index contributed by atoms with van der Waals surface area (Å²) in [6.07, 6.45) is 0.260. The van der Waals surface area contributed by atoms with Gasteiger partial charge in [-0.3, -0.25) is 24.1 Å². The minimum atomic E-state index is -0.555. The quantitative estimate of drug-likeness (QED) is 0.408. The zero-order valence-corrected chi connectivity index (χ0v) is 19.2. The Bertz CT molecular complexity index is 1280. The highest BCUT2D eigenvalue weighted by Gasteiger charge is 2.35. The first-order valence-electron chi connectivity index (χ1n) is 11.2. The van der Waals surface area contributed by atoms with Crippen molar-refractivity contribution < 1.29 is 23.9 Å². The van der Waals surface area contributed by atoms with Crippen molar-refractivity contribution in [3.63, 3.8) is 0 Å². The zero-order valence-electron chi connectivity index (χ0n) is 19.2. The molecule has 34 heavy (non-hydrogen) atoms. The average Bonchev–Trinajstić information content (AvgIpc) is 3.06. The number of aryl methyl sites for hydroxylation is 1. The molecule has 1 aliphatic rings. The Morgan fingerprint density at radius 1 is 0.971 bits per heavy atom. The fourth-order valence-corrected chi connectivity index (χ4v) is 4.20. The van der Waals surface area contributed by atoms with E-state index in [4.69, 9.17) is 4.74 Å². The van der Waals surface area contributed by atoms with Gasteiger partial charge in [0.1, 0.15) is 0 Å². The first-order chi connectivity index (χ1) is 16.3. The number of hydrogen-bond acceptors (Lipinski definition) is 5. The third-order valence-electron chi connectivity index (χ3n) is 5.92. The number of hydrogen-bond donors (Lipinski definition) is 1. The van der Waals surface area contributed by atoms with Crippen LogP contribution in [0, 0.1) is 6.92 Å². The lowest BCUT2D eigenvalue weighted by Gasteiger charge is -2.17. The lowest BCUT2D eigenvalue weighted by Crippen LogP contribution is -2.32. The van der Waals surface area contributed by atoms with Gasteiger partial charge in [0.2, 0.25) is 0 Å². The van der Waals surface area contributed by atoms with Crippen LogP contribution >= 0.6 is 0 Å². The number of benzene rings is 3. The number of carbonyl (C=O) groups excluding carboxylic acids is 4. The van der Waals surface area contributed by atoms with Gasteiger partial charge < -0.3 is 10.1 Å². The molecule has 1 atom stereocenters. The van der Waals surface area contributed by atoms with Crippen LogP contribution in [-0.4, -0.2) is 41.7 Å². The maximum Gasteiger partial charge on any atom is 0.306 e. The van der Waals surface area contributed by atoms with Crippen LogP contribution in [-0.2, 0) is 14.3 Å². The Hall–Kier alpha value is -4.00. The van der Waals surface area contributed by atoms with Gasteiger partial charge in [-0.15, -0.1) is 0 Å². The summed E-state index contributed by atoms with van der Waals surface area (Å²) in [5, 5.41) is 4.99. The SMILES string of the molecule is Cc1ccc2c(c1)C(=O)N(CCCC(=O)OCC(=O)NC(C)c1cccc3ccccc13)C2=O. The molecule has 0 spiro atoms. The molecule has 7 heteroatoms. The Labute approximate surface area is 197 Å². The first-order valence-corrected chi connectivity index (χ1v) is 11.2. The molecule has 3 aromatic carbocycles. The van der Waals surface area contributed by atoms with E-state index in [9.17, 15) is 19.2 Å². The summed E-state index contributed by atoms with van der Waals surface area (Å²) in [6, 6.07) is 18.7.